The van der Waals surface area contributed by atoms with E-state index in [1.165, 1.54) is 6.07 Å². The molecular weight excluding hydrogens is 373 g/mol. The van der Waals surface area contributed by atoms with E-state index in [1.54, 1.807) is 12.1 Å². The Labute approximate surface area is 111 Å². The molecular formula is C10H11BrINO2. The average molecular weight is 384 g/mol. The minimum Gasteiger partial charge on any atom is -0.507 e. The Morgan fingerprint density at radius 3 is 2.87 bits per heavy atom. The van der Waals surface area contributed by atoms with Gasteiger partial charge in [0.25, 0.3) is 5.91 Å². The lowest BCUT2D eigenvalue weighted by atomic mass is 10.2. The smallest absolute Gasteiger partial charge is 0.251 e. The Kier molecular flexibility index (Phi) is 4.85. The molecule has 0 saturated heterocycles. The summed E-state index contributed by atoms with van der Waals surface area (Å²) in [7, 11) is 0. The lowest BCUT2D eigenvalue weighted by Crippen LogP contribution is -2.33. The number of nitrogens with one attached hydrogen (secondary N) is 1. The normalized spacial score (nSPS) is 12.2. The van der Waals surface area contributed by atoms with Crippen molar-refractivity contribution in [2.75, 3.05) is 5.33 Å². The summed E-state index contributed by atoms with van der Waals surface area (Å²) in [6.45, 7) is 1.90. The predicted octanol–water partition coefficient (Wildman–Crippen LogP) is 2.51. The molecule has 2 N–H and O–H groups in total. The van der Waals surface area contributed by atoms with Crippen LogP contribution >= 0.6 is 38.5 Å². The van der Waals surface area contributed by atoms with Crippen LogP contribution in [0, 0.1) is 3.57 Å². The molecule has 82 valence electrons. The number of halogens is 2. The van der Waals surface area contributed by atoms with E-state index < -0.39 is 0 Å². The van der Waals surface area contributed by atoms with E-state index in [0.717, 1.165) is 3.57 Å². The van der Waals surface area contributed by atoms with Crippen LogP contribution in [0.15, 0.2) is 18.2 Å². The van der Waals surface area contributed by atoms with Crippen LogP contribution in [0.1, 0.15) is 17.3 Å². The SMILES string of the molecule is CC(CBr)NC(=O)c1ccc(I)c(O)c1. The van der Waals surface area contributed by atoms with E-state index in [1.807, 2.05) is 29.5 Å². The number of hydrogen-bond donors (Lipinski definition) is 2. The Balaban J connectivity index is 2.78. The highest BCUT2D eigenvalue weighted by Crippen LogP contribution is 2.20. The minimum atomic E-state index is -0.173. The van der Waals surface area contributed by atoms with E-state index in [0.29, 0.717) is 10.9 Å². The summed E-state index contributed by atoms with van der Waals surface area (Å²) < 4.78 is 0.734. The first-order valence-electron chi connectivity index (χ1n) is 4.40. The number of alkyl halides is 1. The maximum Gasteiger partial charge on any atom is 0.251 e. The van der Waals surface area contributed by atoms with E-state index in [2.05, 4.69) is 21.2 Å². The number of carbonyl (C=O) groups is 1. The van der Waals surface area contributed by atoms with E-state index in [4.69, 9.17) is 0 Å². The van der Waals surface area contributed by atoms with Crippen LogP contribution in [0.25, 0.3) is 0 Å². The highest BCUT2D eigenvalue weighted by atomic mass is 127. The standard InChI is InChI=1S/C10H11BrINO2/c1-6(5-11)13-10(15)7-2-3-8(12)9(14)4-7/h2-4,6,14H,5H2,1H3,(H,13,15). The molecule has 0 spiro atoms. The maximum absolute atomic E-state index is 11.6. The second-order valence-electron chi connectivity index (χ2n) is 3.20. The van der Waals surface area contributed by atoms with Gasteiger partial charge >= 0.3 is 0 Å². The number of carbonyl (C=O) groups excluding carboxylic acids is 1. The lowest BCUT2D eigenvalue weighted by Gasteiger charge is -2.10. The molecule has 0 aliphatic rings. The number of rotatable bonds is 3. The fourth-order valence-electron chi connectivity index (χ4n) is 1.000. The van der Waals surface area contributed by atoms with Gasteiger partial charge in [-0.15, -0.1) is 0 Å². The number of phenolic OH excluding ortho intramolecular Hbond substituents is 1. The van der Waals surface area contributed by atoms with Gasteiger partial charge in [-0.05, 0) is 47.7 Å². The van der Waals surface area contributed by atoms with Crippen molar-refractivity contribution in [2.45, 2.75) is 13.0 Å². The van der Waals surface area contributed by atoms with Crippen molar-refractivity contribution in [3.8, 4) is 5.75 Å². The molecule has 0 radical (unpaired) electrons. The van der Waals surface area contributed by atoms with Crippen LogP contribution in [-0.2, 0) is 0 Å². The fraction of sp³-hybridized carbons (Fsp3) is 0.300. The van der Waals surface area contributed by atoms with Crippen molar-refractivity contribution in [3.05, 3.63) is 27.3 Å². The van der Waals surface area contributed by atoms with Gasteiger partial charge in [0.2, 0.25) is 0 Å². The van der Waals surface area contributed by atoms with E-state index >= 15 is 0 Å². The van der Waals surface area contributed by atoms with Gasteiger partial charge in [-0.3, -0.25) is 4.79 Å². The highest BCUT2D eigenvalue weighted by Gasteiger charge is 2.10. The largest absolute Gasteiger partial charge is 0.507 e. The van der Waals surface area contributed by atoms with Crippen molar-refractivity contribution >= 4 is 44.4 Å². The third-order valence-corrected chi connectivity index (χ3v) is 3.70. The van der Waals surface area contributed by atoms with E-state index in [9.17, 15) is 9.90 Å². The molecule has 1 aromatic carbocycles. The monoisotopic (exact) mass is 383 g/mol. The van der Waals surface area contributed by atoms with Gasteiger partial charge in [-0.1, -0.05) is 15.9 Å². The van der Waals surface area contributed by atoms with Gasteiger partial charge < -0.3 is 10.4 Å². The van der Waals surface area contributed by atoms with Crippen molar-refractivity contribution in [2.24, 2.45) is 0 Å². The molecule has 1 unspecified atom stereocenters. The maximum atomic E-state index is 11.6. The molecule has 1 atom stereocenters. The average Bonchev–Trinajstić information content (AvgIpc) is 2.21. The molecule has 15 heavy (non-hydrogen) atoms. The first-order chi connectivity index (χ1) is 7.04. The van der Waals surface area contributed by atoms with Gasteiger partial charge in [0.15, 0.2) is 0 Å². The summed E-state index contributed by atoms with van der Waals surface area (Å²) in [4.78, 5) is 11.6. The molecule has 0 bridgehead atoms. The zero-order valence-corrected chi connectivity index (χ0v) is 11.9. The van der Waals surface area contributed by atoms with Crippen molar-refractivity contribution in [1.29, 1.82) is 0 Å². The Morgan fingerprint density at radius 1 is 1.67 bits per heavy atom. The van der Waals surface area contributed by atoms with Crippen molar-refractivity contribution in [3.63, 3.8) is 0 Å². The number of aromatic hydroxyl groups is 1. The Morgan fingerprint density at radius 2 is 2.33 bits per heavy atom. The summed E-state index contributed by atoms with van der Waals surface area (Å²) in [6.07, 6.45) is 0. The Hall–Kier alpha value is -0.300. The van der Waals surface area contributed by atoms with Gasteiger partial charge in [-0.25, -0.2) is 0 Å². The van der Waals surface area contributed by atoms with Gasteiger partial charge in [0.1, 0.15) is 5.75 Å². The first kappa shape index (κ1) is 12.8. The number of phenols is 1. The molecule has 3 nitrogen and oxygen atoms in total. The quantitative estimate of drug-likeness (QED) is 0.622. The molecule has 0 heterocycles. The van der Waals surface area contributed by atoms with Crippen LogP contribution in [0.3, 0.4) is 0 Å². The first-order valence-corrected chi connectivity index (χ1v) is 6.60. The predicted molar refractivity (Wildman–Crippen MR) is 71.5 cm³/mol. The molecule has 0 saturated carbocycles. The molecule has 0 aliphatic carbocycles. The third kappa shape index (κ3) is 3.64. The van der Waals surface area contributed by atoms with Crippen LogP contribution in [0.4, 0.5) is 0 Å². The summed E-state index contributed by atoms with van der Waals surface area (Å²) in [5.74, 6) is -0.0385. The number of benzene rings is 1. The lowest BCUT2D eigenvalue weighted by molar-refractivity contribution is 0.0943. The molecule has 1 aromatic rings. The summed E-state index contributed by atoms with van der Waals surface area (Å²) >= 11 is 5.28. The highest BCUT2D eigenvalue weighted by molar-refractivity contribution is 14.1. The summed E-state index contributed by atoms with van der Waals surface area (Å²) in [5.41, 5.74) is 0.473. The van der Waals surface area contributed by atoms with Gasteiger partial charge in [0.05, 0.1) is 3.57 Å². The molecule has 1 amide bonds. The summed E-state index contributed by atoms with van der Waals surface area (Å²) in [6, 6.07) is 4.94. The minimum absolute atomic E-state index is 0.0684. The Bertz CT molecular complexity index is 370. The topological polar surface area (TPSA) is 49.3 Å². The second kappa shape index (κ2) is 5.69. The fourth-order valence-corrected chi connectivity index (χ4v) is 1.50. The zero-order chi connectivity index (χ0) is 11.4. The molecule has 0 fully saturated rings. The van der Waals surface area contributed by atoms with Crippen LogP contribution in [0.2, 0.25) is 0 Å². The van der Waals surface area contributed by atoms with Gasteiger partial charge in [-0.2, -0.15) is 0 Å². The van der Waals surface area contributed by atoms with Crippen molar-refractivity contribution in [1.82, 2.24) is 5.32 Å². The third-order valence-electron chi connectivity index (χ3n) is 1.82. The van der Waals surface area contributed by atoms with Crippen LogP contribution < -0.4 is 5.32 Å². The zero-order valence-electron chi connectivity index (χ0n) is 8.13. The van der Waals surface area contributed by atoms with Crippen LogP contribution in [-0.4, -0.2) is 22.4 Å². The molecule has 1 rings (SSSR count). The van der Waals surface area contributed by atoms with Crippen LogP contribution in [0.5, 0.6) is 5.75 Å². The second-order valence-corrected chi connectivity index (χ2v) is 5.00. The molecule has 0 aromatic heterocycles. The molecule has 0 aliphatic heterocycles. The molecule has 5 heteroatoms. The number of amides is 1. The summed E-state index contributed by atoms with van der Waals surface area (Å²) in [5, 5.41) is 12.9. The van der Waals surface area contributed by atoms with Crippen molar-refractivity contribution < 1.29 is 9.90 Å². The van der Waals surface area contributed by atoms with Gasteiger partial charge in [0, 0.05) is 16.9 Å². The number of hydrogen-bond acceptors (Lipinski definition) is 2. The van der Waals surface area contributed by atoms with E-state index in [-0.39, 0.29) is 17.7 Å².